The second kappa shape index (κ2) is 4.70. The summed E-state index contributed by atoms with van der Waals surface area (Å²) >= 11 is 0. The van der Waals surface area contributed by atoms with E-state index in [2.05, 4.69) is 10.1 Å². The molecule has 1 aromatic heterocycles. The van der Waals surface area contributed by atoms with Gasteiger partial charge in [-0.2, -0.15) is 4.98 Å². The van der Waals surface area contributed by atoms with Crippen molar-refractivity contribution in [2.45, 2.75) is 26.2 Å². The molecule has 0 aliphatic carbocycles. The molecule has 1 atom stereocenters. The summed E-state index contributed by atoms with van der Waals surface area (Å²) < 4.78 is 18.3. The minimum Gasteiger partial charge on any atom is -0.340 e. The highest BCUT2D eigenvalue weighted by Crippen LogP contribution is 2.32. The van der Waals surface area contributed by atoms with Crippen LogP contribution < -0.4 is 4.90 Å². The van der Waals surface area contributed by atoms with Crippen LogP contribution in [0.25, 0.3) is 0 Å². The molecule has 1 unspecified atom stereocenters. The van der Waals surface area contributed by atoms with Gasteiger partial charge in [-0.25, -0.2) is 4.39 Å². The zero-order valence-electron chi connectivity index (χ0n) is 11.3. The number of halogens is 1. The van der Waals surface area contributed by atoms with Gasteiger partial charge in [0.15, 0.2) is 5.82 Å². The van der Waals surface area contributed by atoms with Crippen LogP contribution in [0.4, 0.5) is 10.1 Å². The Morgan fingerprint density at radius 1 is 1.40 bits per heavy atom. The van der Waals surface area contributed by atoms with Crippen molar-refractivity contribution >= 4 is 11.6 Å². The number of anilines is 1. The van der Waals surface area contributed by atoms with Crippen LogP contribution in [-0.2, 0) is 4.79 Å². The van der Waals surface area contributed by atoms with Gasteiger partial charge in [-0.3, -0.25) is 4.79 Å². The summed E-state index contributed by atoms with van der Waals surface area (Å²) in [7, 11) is 0. The molecule has 1 saturated heterocycles. The third-order valence-electron chi connectivity index (χ3n) is 3.50. The number of hydrogen-bond acceptors (Lipinski definition) is 4. The SMILES string of the molecule is Cc1nc(C2CC(=O)N(c3cc(F)ccc3C)C2)no1. The molecule has 6 heteroatoms. The Hall–Kier alpha value is -2.24. The molecule has 0 radical (unpaired) electrons. The molecular weight excluding hydrogens is 261 g/mol. The zero-order chi connectivity index (χ0) is 14.3. The minimum absolute atomic E-state index is 0.0499. The number of carbonyl (C=O) groups excluding carboxylic acids is 1. The quantitative estimate of drug-likeness (QED) is 0.844. The Balaban J connectivity index is 1.89. The predicted octanol–water partition coefficient (Wildman–Crippen LogP) is 2.35. The van der Waals surface area contributed by atoms with E-state index < -0.39 is 0 Å². The fraction of sp³-hybridized carbons (Fsp3) is 0.357. The Bertz CT molecular complexity index is 668. The predicted molar refractivity (Wildman–Crippen MR) is 69.9 cm³/mol. The second-order valence-corrected chi connectivity index (χ2v) is 5.01. The lowest BCUT2D eigenvalue weighted by atomic mass is 10.1. The van der Waals surface area contributed by atoms with Crippen LogP contribution in [0.3, 0.4) is 0 Å². The molecule has 0 bridgehead atoms. The molecule has 1 aliphatic heterocycles. The molecule has 2 aromatic rings. The van der Waals surface area contributed by atoms with E-state index in [9.17, 15) is 9.18 Å². The normalized spacial score (nSPS) is 18.9. The number of rotatable bonds is 2. The first kappa shape index (κ1) is 12.8. The van der Waals surface area contributed by atoms with E-state index >= 15 is 0 Å². The van der Waals surface area contributed by atoms with E-state index in [1.807, 2.05) is 6.92 Å². The van der Waals surface area contributed by atoms with Crippen molar-refractivity contribution in [2.24, 2.45) is 0 Å². The Labute approximate surface area is 115 Å². The Morgan fingerprint density at radius 2 is 2.20 bits per heavy atom. The van der Waals surface area contributed by atoms with E-state index in [1.165, 1.54) is 12.1 Å². The minimum atomic E-state index is -0.350. The van der Waals surface area contributed by atoms with Crippen molar-refractivity contribution in [1.29, 1.82) is 0 Å². The van der Waals surface area contributed by atoms with Gasteiger partial charge in [0.2, 0.25) is 11.8 Å². The van der Waals surface area contributed by atoms with E-state index in [1.54, 1.807) is 17.9 Å². The first-order valence-corrected chi connectivity index (χ1v) is 6.41. The Morgan fingerprint density at radius 3 is 2.90 bits per heavy atom. The van der Waals surface area contributed by atoms with Gasteiger partial charge in [0.1, 0.15) is 5.82 Å². The first-order valence-electron chi connectivity index (χ1n) is 6.41. The number of aromatic nitrogens is 2. The lowest BCUT2D eigenvalue weighted by Crippen LogP contribution is -2.25. The third-order valence-corrected chi connectivity index (χ3v) is 3.50. The molecular formula is C14H14FN3O2. The molecule has 0 spiro atoms. The van der Waals surface area contributed by atoms with Gasteiger partial charge in [-0.05, 0) is 24.6 Å². The monoisotopic (exact) mass is 275 g/mol. The zero-order valence-corrected chi connectivity index (χ0v) is 11.3. The average Bonchev–Trinajstić information content (AvgIpc) is 2.99. The number of carbonyl (C=O) groups is 1. The van der Waals surface area contributed by atoms with Crippen molar-refractivity contribution < 1.29 is 13.7 Å². The van der Waals surface area contributed by atoms with E-state index in [0.717, 1.165) is 5.56 Å². The van der Waals surface area contributed by atoms with Gasteiger partial charge in [0.05, 0.1) is 0 Å². The number of aryl methyl sites for hydroxylation is 2. The van der Waals surface area contributed by atoms with Crippen LogP contribution in [0.2, 0.25) is 0 Å². The van der Waals surface area contributed by atoms with Crippen LogP contribution in [0.15, 0.2) is 22.7 Å². The molecule has 104 valence electrons. The van der Waals surface area contributed by atoms with Crippen molar-refractivity contribution in [3.63, 3.8) is 0 Å². The summed E-state index contributed by atoms with van der Waals surface area (Å²) in [4.78, 5) is 17.9. The highest BCUT2D eigenvalue weighted by Gasteiger charge is 2.35. The summed E-state index contributed by atoms with van der Waals surface area (Å²) in [5.74, 6) is 0.506. The molecule has 1 aromatic carbocycles. The smallest absolute Gasteiger partial charge is 0.227 e. The molecule has 3 rings (SSSR count). The number of hydrogen-bond donors (Lipinski definition) is 0. The van der Waals surface area contributed by atoms with Gasteiger partial charge in [-0.1, -0.05) is 11.2 Å². The standard InChI is InChI=1S/C14H14FN3O2/c1-8-3-4-11(15)6-12(8)18-7-10(5-13(18)19)14-16-9(2)20-17-14/h3-4,6,10H,5,7H2,1-2H3. The molecule has 1 fully saturated rings. The molecule has 2 heterocycles. The molecule has 0 N–H and O–H groups in total. The van der Waals surface area contributed by atoms with Crippen LogP contribution in [0.1, 0.15) is 29.6 Å². The summed E-state index contributed by atoms with van der Waals surface area (Å²) in [5.41, 5.74) is 1.47. The topological polar surface area (TPSA) is 59.2 Å². The maximum absolute atomic E-state index is 13.4. The van der Waals surface area contributed by atoms with Gasteiger partial charge in [0, 0.05) is 31.5 Å². The highest BCUT2D eigenvalue weighted by molar-refractivity contribution is 5.97. The van der Waals surface area contributed by atoms with E-state index in [4.69, 9.17) is 4.52 Å². The summed E-state index contributed by atoms with van der Waals surface area (Å²) in [6.45, 7) is 4.01. The van der Waals surface area contributed by atoms with Crippen LogP contribution in [0.5, 0.6) is 0 Å². The molecule has 0 saturated carbocycles. The van der Waals surface area contributed by atoms with Crippen molar-refractivity contribution in [1.82, 2.24) is 10.1 Å². The van der Waals surface area contributed by atoms with E-state index in [0.29, 0.717) is 30.4 Å². The average molecular weight is 275 g/mol. The van der Waals surface area contributed by atoms with Crippen molar-refractivity contribution in [3.05, 3.63) is 41.3 Å². The number of nitrogens with zero attached hydrogens (tertiary/aromatic N) is 3. The van der Waals surface area contributed by atoms with Gasteiger partial charge in [0.25, 0.3) is 0 Å². The van der Waals surface area contributed by atoms with Crippen LogP contribution in [0, 0.1) is 19.7 Å². The van der Waals surface area contributed by atoms with Crippen LogP contribution in [-0.4, -0.2) is 22.6 Å². The third kappa shape index (κ3) is 2.17. The fourth-order valence-electron chi connectivity index (χ4n) is 2.47. The van der Waals surface area contributed by atoms with Gasteiger partial charge >= 0.3 is 0 Å². The number of amides is 1. The molecule has 20 heavy (non-hydrogen) atoms. The summed E-state index contributed by atoms with van der Waals surface area (Å²) in [6.07, 6.45) is 0.314. The maximum Gasteiger partial charge on any atom is 0.227 e. The fourth-order valence-corrected chi connectivity index (χ4v) is 2.47. The Kier molecular flexibility index (Phi) is 3.00. The first-order chi connectivity index (χ1) is 9.54. The van der Waals surface area contributed by atoms with Crippen molar-refractivity contribution in [2.75, 3.05) is 11.4 Å². The summed E-state index contributed by atoms with van der Waals surface area (Å²) in [6, 6.07) is 4.44. The van der Waals surface area contributed by atoms with Gasteiger partial charge < -0.3 is 9.42 Å². The molecule has 1 aliphatic rings. The van der Waals surface area contributed by atoms with Crippen molar-refractivity contribution in [3.8, 4) is 0 Å². The molecule has 1 amide bonds. The van der Waals surface area contributed by atoms with Gasteiger partial charge in [-0.15, -0.1) is 0 Å². The van der Waals surface area contributed by atoms with E-state index in [-0.39, 0.29) is 17.6 Å². The number of benzene rings is 1. The largest absolute Gasteiger partial charge is 0.340 e. The lowest BCUT2D eigenvalue weighted by Gasteiger charge is -2.18. The second-order valence-electron chi connectivity index (χ2n) is 5.01. The highest BCUT2D eigenvalue weighted by atomic mass is 19.1. The molecule has 5 nitrogen and oxygen atoms in total. The lowest BCUT2D eigenvalue weighted by molar-refractivity contribution is -0.117. The van der Waals surface area contributed by atoms with Crippen LogP contribution >= 0.6 is 0 Å². The maximum atomic E-state index is 13.4. The summed E-state index contributed by atoms with van der Waals surface area (Å²) in [5, 5.41) is 3.86.